The maximum absolute atomic E-state index is 11.3. The van der Waals surface area contributed by atoms with Gasteiger partial charge in [0, 0.05) is 6.07 Å². The molecule has 0 fully saturated rings. The van der Waals surface area contributed by atoms with E-state index in [2.05, 4.69) is 5.16 Å². The molecule has 3 N–H and O–H groups in total. The molecule has 0 bridgehead atoms. The van der Waals surface area contributed by atoms with Gasteiger partial charge in [-0.15, -0.1) is 0 Å². The number of ether oxygens (including phenoxy) is 1. The maximum atomic E-state index is 11.3. The van der Waals surface area contributed by atoms with E-state index in [-0.39, 0.29) is 11.8 Å². The molecule has 2 aromatic rings. The van der Waals surface area contributed by atoms with Crippen LogP contribution in [0.3, 0.4) is 0 Å². The van der Waals surface area contributed by atoms with Crippen LogP contribution in [0.4, 0.5) is 0 Å². The first-order valence-corrected chi connectivity index (χ1v) is 5.85. The number of nitrogens with two attached hydrogens (primary N) is 1. The Morgan fingerprint density at radius 1 is 1.42 bits per heavy atom. The third-order valence-electron chi connectivity index (χ3n) is 2.39. The fraction of sp³-hybridized carbons (Fsp3) is 0.231. The average molecular weight is 261 g/mol. The standard InChI is InChI=1S/C13H15N3O3/c1-8(2)18-11-6-4-3-5-9(11)12-7-10(16-19-12)13(17)15-14/h3-8H,14H2,1-2H3,(H,15,17). The number of hydrogen-bond donors (Lipinski definition) is 2. The van der Waals surface area contributed by atoms with E-state index in [1.807, 2.05) is 43.5 Å². The minimum atomic E-state index is -0.503. The van der Waals surface area contributed by atoms with Crippen LogP contribution in [0.1, 0.15) is 24.3 Å². The Hall–Kier alpha value is -2.34. The van der Waals surface area contributed by atoms with Crippen molar-refractivity contribution in [2.24, 2.45) is 5.84 Å². The van der Waals surface area contributed by atoms with Gasteiger partial charge < -0.3 is 9.26 Å². The zero-order valence-electron chi connectivity index (χ0n) is 10.7. The van der Waals surface area contributed by atoms with Gasteiger partial charge in [-0.05, 0) is 26.0 Å². The summed E-state index contributed by atoms with van der Waals surface area (Å²) < 4.78 is 10.8. The number of nitrogen functional groups attached to an aromatic ring is 1. The lowest BCUT2D eigenvalue weighted by atomic mass is 10.1. The van der Waals surface area contributed by atoms with Crippen LogP contribution in [0, 0.1) is 0 Å². The highest BCUT2D eigenvalue weighted by Gasteiger charge is 2.15. The average Bonchev–Trinajstić information content (AvgIpc) is 2.87. The Kier molecular flexibility index (Phi) is 3.82. The Bertz CT molecular complexity index is 578. The third kappa shape index (κ3) is 2.92. The van der Waals surface area contributed by atoms with Crippen LogP contribution in [0.2, 0.25) is 0 Å². The molecule has 0 spiro atoms. The molecule has 0 aliphatic rings. The number of benzene rings is 1. The van der Waals surface area contributed by atoms with Gasteiger partial charge >= 0.3 is 0 Å². The Morgan fingerprint density at radius 3 is 2.84 bits per heavy atom. The molecule has 6 heteroatoms. The first-order valence-electron chi connectivity index (χ1n) is 5.85. The van der Waals surface area contributed by atoms with Crippen LogP contribution < -0.4 is 16.0 Å². The summed E-state index contributed by atoms with van der Waals surface area (Å²) >= 11 is 0. The smallest absolute Gasteiger partial charge is 0.287 e. The maximum Gasteiger partial charge on any atom is 0.287 e. The summed E-state index contributed by atoms with van der Waals surface area (Å²) in [6.45, 7) is 3.87. The number of hydrazine groups is 1. The van der Waals surface area contributed by atoms with E-state index in [9.17, 15) is 4.79 Å². The molecule has 2 rings (SSSR count). The molecule has 1 amide bonds. The quantitative estimate of drug-likeness (QED) is 0.497. The summed E-state index contributed by atoms with van der Waals surface area (Å²) in [6.07, 6.45) is 0.0379. The van der Waals surface area contributed by atoms with Gasteiger partial charge in [0.15, 0.2) is 11.5 Å². The van der Waals surface area contributed by atoms with Gasteiger partial charge in [-0.2, -0.15) is 0 Å². The Morgan fingerprint density at radius 2 is 2.16 bits per heavy atom. The van der Waals surface area contributed by atoms with Crippen molar-refractivity contribution in [3.8, 4) is 17.1 Å². The molecule has 100 valence electrons. The molecule has 1 aromatic heterocycles. The molecule has 1 aromatic carbocycles. The molecule has 19 heavy (non-hydrogen) atoms. The van der Waals surface area contributed by atoms with Crippen molar-refractivity contribution in [3.63, 3.8) is 0 Å². The minimum Gasteiger partial charge on any atom is -0.490 e. The lowest BCUT2D eigenvalue weighted by molar-refractivity contribution is 0.0944. The van der Waals surface area contributed by atoms with Crippen LogP contribution in [-0.2, 0) is 0 Å². The second-order valence-corrected chi connectivity index (χ2v) is 4.21. The van der Waals surface area contributed by atoms with Gasteiger partial charge in [0.1, 0.15) is 5.75 Å². The van der Waals surface area contributed by atoms with Gasteiger partial charge in [-0.1, -0.05) is 17.3 Å². The number of nitrogens with zero attached hydrogens (tertiary/aromatic N) is 1. The zero-order valence-corrected chi connectivity index (χ0v) is 10.7. The topological polar surface area (TPSA) is 90.4 Å². The highest BCUT2D eigenvalue weighted by molar-refractivity contribution is 5.92. The zero-order chi connectivity index (χ0) is 13.8. The first-order chi connectivity index (χ1) is 9.11. The minimum absolute atomic E-state index is 0.0379. The van der Waals surface area contributed by atoms with Crippen molar-refractivity contribution in [3.05, 3.63) is 36.0 Å². The van der Waals surface area contributed by atoms with E-state index in [1.54, 1.807) is 0 Å². The lowest BCUT2D eigenvalue weighted by Gasteiger charge is -2.12. The van der Waals surface area contributed by atoms with Crippen LogP contribution in [0.5, 0.6) is 5.75 Å². The normalized spacial score (nSPS) is 10.5. The van der Waals surface area contributed by atoms with E-state index in [0.29, 0.717) is 11.5 Å². The molecule has 0 aliphatic carbocycles. The number of hydrogen-bond acceptors (Lipinski definition) is 5. The van der Waals surface area contributed by atoms with Gasteiger partial charge in [0.25, 0.3) is 5.91 Å². The van der Waals surface area contributed by atoms with E-state index < -0.39 is 5.91 Å². The molecule has 0 aliphatic heterocycles. The largest absolute Gasteiger partial charge is 0.490 e. The Balaban J connectivity index is 2.36. The number of amides is 1. The number of carbonyl (C=O) groups is 1. The highest BCUT2D eigenvalue weighted by atomic mass is 16.5. The molecule has 0 saturated heterocycles. The predicted molar refractivity (Wildman–Crippen MR) is 69.4 cm³/mol. The second-order valence-electron chi connectivity index (χ2n) is 4.21. The molecule has 0 unspecified atom stereocenters. The van der Waals surface area contributed by atoms with Gasteiger partial charge in [-0.25, -0.2) is 5.84 Å². The Labute approximate surface area is 110 Å². The number of para-hydroxylation sites is 1. The van der Waals surface area contributed by atoms with Crippen molar-refractivity contribution in [1.29, 1.82) is 0 Å². The molecule has 0 radical (unpaired) electrons. The van der Waals surface area contributed by atoms with Crippen molar-refractivity contribution < 1.29 is 14.1 Å². The van der Waals surface area contributed by atoms with E-state index in [0.717, 1.165) is 5.56 Å². The number of aromatic nitrogens is 1. The van der Waals surface area contributed by atoms with Gasteiger partial charge in [-0.3, -0.25) is 10.2 Å². The van der Waals surface area contributed by atoms with Crippen LogP contribution in [0.25, 0.3) is 11.3 Å². The fourth-order valence-corrected chi connectivity index (χ4v) is 1.61. The molecular weight excluding hydrogens is 246 g/mol. The van der Waals surface area contributed by atoms with Crippen molar-refractivity contribution in [2.75, 3.05) is 0 Å². The van der Waals surface area contributed by atoms with E-state index in [1.165, 1.54) is 6.07 Å². The molecule has 1 heterocycles. The number of nitrogens with one attached hydrogen (secondary N) is 1. The molecule has 0 saturated carbocycles. The monoisotopic (exact) mass is 261 g/mol. The fourth-order valence-electron chi connectivity index (χ4n) is 1.61. The van der Waals surface area contributed by atoms with Crippen LogP contribution in [-0.4, -0.2) is 17.2 Å². The number of carbonyl (C=O) groups excluding carboxylic acids is 1. The summed E-state index contributed by atoms with van der Waals surface area (Å²) in [5.74, 6) is 5.67. The summed E-state index contributed by atoms with van der Waals surface area (Å²) in [7, 11) is 0. The number of rotatable bonds is 4. The summed E-state index contributed by atoms with van der Waals surface area (Å²) in [5, 5.41) is 3.66. The molecule has 0 atom stereocenters. The van der Waals surface area contributed by atoms with Gasteiger partial charge in [0.05, 0.1) is 11.7 Å². The summed E-state index contributed by atoms with van der Waals surface area (Å²) in [6, 6.07) is 8.91. The van der Waals surface area contributed by atoms with E-state index in [4.69, 9.17) is 15.1 Å². The molecule has 6 nitrogen and oxygen atoms in total. The van der Waals surface area contributed by atoms with Crippen molar-refractivity contribution in [2.45, 2.75) is 20.0 Å². The summed E-state index contributed by atoms with van der Waals surface area (Å²) in [5.41, 5.74) is 2.86. The van der Waals surface area contributed by atoms with Crippen LogP contribution in [0.15, 0.2) is 34.9 Å². The predicted octanol–water partition coefficient (Wildman–Crippen LogP) is 1.73. The van der Waals surface area contributed by atoms with E-state index >= 15 is 0 Å². The summed E-state index contributed by atoms with van der Waals surface area (Å²) in [4.78, 5) is 11.3. The third-order valence-corrected chi connectivity index (χ3v) is 2.39. The molecular formula is C13H15N3O3. The highest BCUT2D eigenvalue weighted by Crippen LogP contribution is 2.30. The first kappa shape index (κ1) is 13.1. The van der Waals surface area contributed by atoms with Crippen molar-refractivity contribution >= 4 is 5.91 Å². The lowest BCUT2D eigenvalue weighted by Crippen LogP contribution is -2.30. The second kappa shape index (κ2) is 5.53. The van der Waals surface area contributed by atoms with Crippen molar-refractivity contribution in [1.82, 2.24) is 10.6 Å². The van der Waals surface area contributed by atoms with Gasteiger partial charge in [0.2, 0.25) is 0 Å². The van der Waals surface area contributed by atoms with Crippen LogP contribution >= 0.6 is 0 Å². The SMILES string of the molecule is CC(C)Oc1ccccc1-c1cc(C(=O)NN)no1.